The number of nitrogen functional groups attached to an aromatic ring is 1. The van der Waals surface area contributed by atoms with Crippen molar-refractivity contribution in [2.75, 3.05) is 5.73 Å². The number of hydrogen-bond acceptors (Lipinski definition) is 2. The highest BCUT2D eigenvalue weighted by atomic mass is 16.1. The summed E-state index contributed by atoms with van der Waals surface area (Å²) in [5, 5.41) is 0. The molecule has 1 aromatic carbocycles. The Bertz CT molecular complexity index is 401. The van der Waals surface area contributed by atoms with Crippen molar-refractivity contribution in [2.45, 2.75) is 26.2 Å². The number of Topliss-reactive ketones (excluding diaryl/α,β-unsaturated/α-hetero) is 1. The van der Waals surface area contributed by atoms with E-state index in [-0.39, 0.29) is 5.78 Å². The first-order valence-corrected chi connectivity index (χ1v) is 4.98. The van der Waals surface area contributed by atoms with Crippen LogP contribution in [-0.2, 0) is 0 Å². The molecule has 0 heterocycles. The number of hydrogen-bond donors (Lipinski definition) is 1. The van der Waals surface area contributed by atoms with Crippen LogP contribution in [0.4, 0.5) is 5.69 Å². The highest BCUT2D eigenvalue weighted by Crippen LogP contribution is 2.15. The van der Waals surface area contributed by atoms with Crippen molar-refractivity contribution in [1.29, 1.82) is 0 Å². The molecule has 2 nitrogen and oxygen atoms in total. The lowest BCUT2D eigenvalue weighted by Gasteiger charge is -2.03. The Morgan fingerprint density at radius 3 is 2.87 bits per heavy atom. The van der Waals surface area contributed by atoms with E-state index >= 15 is 0 Å². The van der Waals surface area contributed by atoms with Crippen molar-refractivity contribution in [3.8, 4) is 12.3 Å². The van der Waals surface area contributed by atoms with Crippen LogP contribution in [0.5, 0.6) is 0 Å². The Labute approximate surface area is 90.5 Å². The minimum atomic E-state index is 0.108. The lowest BCUT2D eigenvalue weighted by molar-refractivity contribution is 0.0980. The summed E-state index contributed by atoms with van der Waals surface area (Å²) in [6.07, 6.45) is 6.99. The van der Waals surface area contributed by atoms with Crippen LogP contribution in [0.25, 0.3) is 0 Å². The maximum atomic E-state index is 11.7. The topological polar surface area (TPSA) is 43.1 Å². The van der Waals surface area contributed by atoms with E-state index < -0.39 is 0 Å². The summed E-state index contributed by atoms with van der Waals surface area (Å²) < 4.78 is 0. The molecule has 1 aromatic rings. The number of unbranched alkanes of at least 4 members (excludes halogenated alkanes) is 1. The second kappa shape index (κ2) is 5.21. The zero-order chi connectivity index (χ0) is 11.3. The third-order valence-corrected chi connectivity index (χ3v) is 2.33. The van der Waals surface area contributed by atoms with Gasteiger partial charge in [0.05, 0.1) is 0 Å². The first-order chi connectivity index (χ1) is 7.15. The van der Waals surface area contributed by atoms with Gasteiger partial charge in [-0.25, -0.2) is 0 Å². The lowest BCUT2D eigenvalue weighted by atomic mass is 10.0. The number of benzene rings is 1. The quantitative estimate of drug-likeness (QED) is 0.352. The number of ketones is 1. The van der Waals surface area contributed by atoms with Crippen LogP contribution in [0.3, 0.4) is 0 Å². The van der Waals surface area contributed by atoms with E-state index in [2.05, 4.69) is 5.92 Å². The van der Waals surface area contributed by atoms with Gasteiger partial charge in [0.15, 0.2) is 5.78 Å². The number of aryl methyl sites for hydroxylation is 1. The fourth-order valence-electron chi connectivity index (χ4n) is 1.31. The van der Waals surface area contributed by atoms with Crippen LogP contribution >= 0.6 is 0 Å². The average Bonchev–Trinajstić information content (AvgIpc) is 2.22. The molecular formula is C13H15NO. The molecule has 0 fully saturated rings. The largest absolute Gasteiger partial charge is 0.398 e. The predicted molar refractivity (Wildman–Crippen MR) is 62.6 cm³/mol. The van der Waals surface area contributed by atoms with Crippen molar-refractivity contribution >= 4 is 11.5 Å². The minimum Gasteiger partial charge on any atom is -0.398 e. The van der Waals surface area contributed by atoms with Gasteiger partial charge in [0.25, 0.3) is 0 Å². The van der Waals surface area contributed by atoms with Crippen molar-refractivity contribution in [1.82, 2.24) is 0 Å². The number of anilines is 1. The average molecular weight is 201 g/mol. The molecule has 0 spiro atoms. The molecular weight excluding hydrogens is 186 g/mol. The number of rotatable bonds is 4. The van der Waals surface area contributed by atoms with Crippen LogP contribution in [0.2, 0.25) is 0 Å². The predicted octanol–water partition coefficient (Wildman–Crippen LogP) is 2.56. The van der Waals surface area contributed by atoms with Crippen LogP contribution in [0.1, 0.15) is 35.2 Å². The summed E-state index contributed by atoms with van der Waals surface area (Å²) in [5.41, 5.74) is 8.06. The van der Waals surface area contributed by atoms with Crippen molar-refractivity contribution in [3.05, 3.63) is 29.3 Å². The molecule has 0 aromatic heterocycles. The number of carbonyl (C=O) groups is 1. The molecule has 0 radical (unpaired) electrons. The van der Waals surface area contributed by atoms with Crippen LogP contribution in [0.15, 0.2) is 18.2 Å². The minimum absolute atomic E-state index is 0.108. The zero-order valence-electron chi connectivity index (χ0n) is 8.92. The lowest BCUT2D eigenvalue weighted by Crippen LogP contribution is -2.00. The Kier molecular flexibility index (Phi) is 3.93. The summed E-state index contributed by atoms with van der Waals surface area (Å²) in [5.74, 6) is 2.63. The first-order valence-electron chi connectivity index (χ1n) is 4.98. The van der Waals surface area contributed by atoms with Gasteiger partial charge in [-0.15, -0.1) is 12.3 Å². The van der Waals surface area contributed by atoms with Gasteiger partial charge in [0, 0.05) is 24.1 Å². The highest BCUT2D eigenvalue weighted by molar-refractivity contribution is 5.96. The summed E-state index contributed by atoms with van der Waals surface area (Å²) in [6.45, 7) is 1.92. The molecule has 0 bridgehead atoms. The molecule has 15 heavy (non-hydrogen) atoms. The van der Waals surface area contributed by atoms with E-state index in [0.29, 0.717) is 24.1 Å². The molecule has 0 atom stereocenters. The molecule has 0 saturated carbocycles. The molecule has 2 N–H and O–H groups in total. The smallest absolute Gasteiger partial charge is 0.162 e. The molecule has 2 heteroatoms. The van der Waals surface area contributed by atoms with Crippen LogP contribution in [-0.4, -0.2) is 5.78 Å². The maximum absolute atomic E-state index is 11.7. The second-order valence-electron chi connectivity index (χ2n) is 3.55. The van der Waals surface area contributed by atoms with Crippen molar-refractivity contribution < 1.29 is 4.79 Å². The molecule has 78 valence electrons. The Balaban J connectivity index is 2.67. The SMILES string of the molecule is C#CCCCC(=O)c1ccc(C)c(N)c1. The van der Waals surface area contributed by atoms with E-state index in [4.69, 9.17) is 12.2 Å². The van der Waals surface area contributed by atoms with E-state index in [1.54, 1.807) is 6.07 Å². The molecule has 1 rings (SSSR count). The van der Waals surface area contributed by atoms with Gasteiger partial charge in [-0.3, -0.25) is 4.79 Å². The standard InChI is InChI=1S/C13H15NO/c1-3-4-5-6-13(15)11-8-7-10(2)12(14)9-11/h1,7-9H,4-6,14H2,2H3. The third-order valence-electron chi connectivity index (χ3n) is 2.33. The van der Waals surface area contributed by atoms with E-state index in [1.807, 2.05) is 19.1 Å². The second-order valence-corrected chi connectivity index (χ2v) is 3.55. The number of terminal acetylenes is 1. The summed E-state index contributed by atoms with van der Waals surface area (Å²) in [4.78, 5) is 11.7. The summed E-state index contributed by atoms with van der Waals surface area (Å²) in [7, 11) is 0. The van der Waals surface area contributed by atoms with E-state index in [9.17, 15) is 4.79 Å². The van der Waals surface area contributed by atoms with Crippen molar-refractivity contribution in [3.63, 3.8) is 0 Å². The van der Waals surface area contributed by atoms with E-state index in [1.165, 1.54) is 0 Å². The fourth-order valence-corrected chi connectivity index (χ4v) is 1.31. The number of carbonyl (C=O) groups excluding carboxylic acids is 1. The normalized spacial score (nSPS) is 9.60. The monoisotopic (exact) mass is 201 g/mol. The molecule has 0 unspecified atom stereocenters. The summed E-state index contributed by atoms with van der Waals surface area (Å²) >= 11 is 0. The van der Waals surface area contributed by atoms with Gasteiger partial charge in [-0.05, 0) is 25.0 Å². The molecule has 0 saturated heterocycles. The van der Waals surface area contributed by atoms with Gasteiger partial charge >= 0.3 is 0 Å². The number of nitrogens with two attached hydrogens (primary N) is 1. The highest BCUT2D eigenvalue weighted by Gasteiger charge is 2.06. The first kappa shape index (κ1) is 11.3. The zero-order valence-corrected chi connectivity index (χ0v) is 8.92. The van der Waals surface area contributed by atoms with Gasteiger partial charge in [0.1, 0.15) is 0 Å². The van der Waals surface area contributed by atoms with Gasteiger partial charge in [-0.1, -0.05) is 12.1 Å². The Morgan fingerprint density at radius 2 is 2.27 bits per heavy atom. The summed E-state index contributed by atoms with van der Waals surface area (Å²) in [6, 6.07) is 5.40. The Morgan fingerprint density at radius 1 is 1.53 bits per heavy atom. The fraction of sp³-hybridized carbons (Fsp3) is 0.308. The van der Waals surface area contributed by atoms with Gasteiger partial charge in [-0.2, -0.15) is 0 Å². The van der Waals surface area contributed by atoms with Crippen LogP contribution < -0.4 is 5.73 Å². The molecule has 0 aliphatic carbocycles. The van der Waals surface area contributed by atoms with Crippen LogP contribution in [0, 0.1) is 19.3 Å². The molecule has 0 amide bonds. The third kappa shape index (κ3) is 3.14. The molecule has 0 aliphatic rings. The van der Waals surface area contributed by atoms with Gasteiger partial charge in [0.2, 0.25) is 0 Å². The van der Waals surface area contributed by atoms with Gasteiger partial charge < -0.3 is 5.73 Å². The van der Waals surface area contributed by atoms with E-state index in [0.717, 1.165) is 12.0 Å². The van der Waals surface area contributed by atoms with Crippen molar-refractivity contribution in [2.24, 2.45) is 0 Å². The maximum Gasteiger partial charge on any atom is 0.162 e. The Hall–Kier alpha value is -1.75. The molecule has 0 aliphatic heterocycles.